The standard InChI is InChI=1S/C10H12ClNO3/c1-3-5-4-6(11)9(15-2)7(8(5)13)10(12)14/h4,13H,3H2,1-2H3,(H2,12,14). The Morgan fingerprint density at radius 2 is 2.27 bits per heavy atom. The Hall–Kier alpha value is -1.42. The predicted octanol–water partition coefficient (Wildman–Crippen LogP) is 1.72. The molecule has 5 heteroatoms. The topological polar surface area (TPSA) is 72.5 Å². The SMILES string of the molecule is CCc1cc(Cl)c(OC)c(C(N)=O)c1O. The number of aryl methyl sites for hydroxylation is 1. The van der Waals surface area contributed by atoms with Crippen LogP contribution in [0.4, 0.5) is 0 Å². The van der Waals surface area contributed by atoms with Crippen LogP contribution in [0.1, 0.15) is 22.8 Å². The molecule has 0 spiro atoms. The summed E-state index contributed by atoms with van der Waals surface area (Å²) in [5.74, 6) is -0.813. The van der Waals surface area contributed by atoms with Crippen molar-refractivity contribution in [1.82, 2.24) is 0 Å². The molecule has 0 fully saturated rings. The Morgan fingerprint density at radius 3 is 2.67 bits per heavy atom. The van der Waals surface area contributed by atoms with E-state index in [1.807, 2.05) is 6.92 Å². The van der Waals surface area contributed by atoms with Crippen molar-refractivity contribution < 1.29 is 14.6 Å². The maximum absolute atomic E-state index is 11.1. The second-order valence-electron chi connectivity index (χ2n) is 2.99. The van der Waals surface area contributed by atoms with Crippen LogP contribution in [-0.2, 0) is 6.42 Å². The number of methoxy groups -OCH3 is 1. The first kappa shape index (κ1) is 11.7. The van der Waals surface area contributed by atoms with E-state index in [0.717, 1.165) is 0 Å². The number of hydrogen-bond acceptors (Lipinski definition) is 3. The minimum absolute atomic E-state index is 0.0677. The molecule has 0 aliphatic carbocycles. The molecule has 82 valence electrons. The number of carbonyl (C=O) groups is 1. The first-order valence-electron chi connectivity index (χ1n) is 4.41. The van der Waals surface area contributed by atoms with Crippen molar-refractivity contribution in [3.05, 3.63) is 22.2 Å². The molecule has 0 bridgehead atoms. The molecule has 4 nitrogen and oxygen atoms in total. The van der Waals surface area contributed by atoms with E-state index in [9.17, 15) is 9.90 Å². The number of phenols is 1. The van der Waals surface area contributed by atoms with Gasteiger partial charge in [0.05, 0.1) is 12.1 Å². The zero-order valence-electron chi connectivity index (χ0n) is 8.50. The van der Waals surface area contributed by atoms with Crippen LogP contribution >= 0.6 is 11.6 Å². The van der Waals surface area contributed by atoms with Crippen LogP contribution in [0, 0.1) is 0 Å². The maximum atomic E-state index is 11.1. The van der Waals surface area contributed by atoms with Gasteiger partial charge in [0.25, 0.3) is 5.91 Å². The highest BCUT2D eigenvalue weighted by atomic mass is 35.5. The third-order valence-corrected chi connectivity index (χ3v) is 2.40. The highest BCUT2D eigenvalue weighted by Crippen LogP contribution is 2.37. The number of benzene rings is 1. The third-order valence-electron chi connectivity index (χ3n) is 2.12. The van der Waals surface area contributed by atoms with Gasteiger partial charge < -0.3 is 15.6 Å². The van der Waals surface area contributed by atoms with Crippen molar-refractivity contribution >= 4 is 17.5 Å². The van der Waals surface area contributed by atoms with Gasteiger partial charge >= 0.3 is 0 Å². The molecule has 0 radical (unpaired) electrons. The van der Waals surface area contributed by atoms with Crippen LogP contribution in [-0.4, -0.2) is 18.1 Å². The van der Waals surface area contributed by atoms with Crippen LogP contribution in [0.2, 0.25) is 5.02 Å². The number of halogens is 1. The molecule has 1 amide bonds. The number of aromatic hydroxyl groups is 1. The van der Waals surface area contributed by atoms with Crippen molar-refractivity contribution in [2.24, 2.45) is 5.73 Å². The van der Waals surface area contributed by atoms with Gasteiger partial charge in [0.1, 0.15) is 11.3 Å². The van der Waals surface area contributed by atoms with Crippen molar-refractivity contribution in [2.75, 3.05) is 7.11 Å². The van der Waals surface area contributed by atoms with Crippen LogP contribution < -0.4 is 10.5 Å². The summed E-state index contributed by atoms with van der Waals surface area (Å²) in [5, 5.41) is 10.0. The summed E-state index contributed by atoms with van der Waals surface area (Å²) in [6.45, 7) is 1.84. The van der Waals surface area contributed by atoms with Crippen LogP contribution in [0.3, 0.4) is 0 Å². The third kappa shape index (κ3) is 1.99. The molecular formula is C10H12ClNO3. The molecule has 3 N–H and O–H groups in total. The smallest absolute Gasteiger partial charge is 0.256 e. The Labute approximate surface area is 92.6 Å². The van der Waals surface area contributed by atoms with Crippen molar-refractivity contribution in [3.8, 4) is 11.5 Å². The fourth-order valence-corrected chi connectivity index (χ4v) is 1.68. The number of primary amides is 1. The van der Waals surface area contributed by atoms with Crippen molar-refractivity contribution in [1.29, 1.82) is 0 Å². The van der Waals surface area contributed by atoms with Gasteiger partial charge in [-0.15, -0.1) is 0 Å². The lowest BCUT2D eigenvalue weighted by atomic mass is 10.0. The average molecular weight is 230 g/mol. The van der Waals surface area contributed by atoms with Gasteiger partial charge in [0.2, 0.25) is 0 Å². The Bertz CT molecular complexity index is 404. The number of nitrogens with two attached hydrogens (primary N) is 1. The van der Waals surface area contributed by atoms with E-state index in [-0.39, 0.29) is 22.1 Å². The molecular weight excluding hydrogens is 218 g/mol. The zero-order chi connectivity index (χ0) is 11.6. The summed E-state index contributed by atoms with van der Waals surface area (Å²) in [7, 11) is 1.36. The van der Waals surface area contributed by atoms with Gasteiger partial charge in [-0.05, 0) is 18.1 Å². The second kappa shape index (κ2) is 4.40. The summed E-state index contributed by atoms with van der Waals surface area (Å²) >= 11 is 5.89. The van der Waals surface area contributed by atoms with Gasteiger partial charge in [0, 0.05) is 0 Å². The van der Waals surface area contributed by atoms with E-state index in [0.29, 0.717) is 12.0 Å². The van der Waals surface area contributed by atoms with Crippen LogP contribution in [0.15, 0.2) is 6.07 Å². The van der Waals surface area contributed by atoms with E-state index in [2.05, 4.69) is 0 Å². The van der Waals surface area contributed by atoms with Gasteiger partial charge in [-0.2, -0.15) is 0 Å². The highest BCUT2D eigenvalue weighted by Gasteiger charge is 2.20. The molecule has 1 rings (SSSR count). The first-order valence-corrected chi connectivity index (χ1v) is 4.78. The normalized spacial score (nSPS) is 10.1. The lowest BCUT2D eigenvalue weighted by Gasteiger charge is -2.12. The molecule has 0 heterocycles. The Balaban J connectivity index is 3.55. The van der Waals surface area contributed by atoms with Crippen LogP contribution in [0.25, 0.3) is 0 Å². The lowest BCUT2D eigenvalue weighted by molar-refractivity contribution is 0.0994. The van der Waals surface area contributed by atoms with E-state index in [1.165, 1.54) is 7.11 Å². The first-order chi connectivity index (χ1) is 7.02. The summed E-state index contributed by atoms with van der Waals surface area (Å²) in [5.41, 5.74) is 5.64. The second-order valence-corrected chi connectivity index (χ2v) is 3.40. The molecule has 0 aromatic heterocycles. The molecule has 0 aliphatic rings. The fraction of sp³-hybridized carbons (Fsp3) is 0.300. The Morgan fingerprint density at radius 1 is 1.67 bits per heavy atom. The molecule has 0 saturated heterocycles. The lowest BCUT2D eigenvalue weighted by Crippen LogP contribution is -2.13. The highest BCUT2D eigenvalue weighted by molar-refractivity contribution is 6.33. The molecule has 15 heavy (non-hydrogen) atoms. The summed E-state index contributed by atoms with van der Waals surface area (Å²) < 4.78 is 4.92. The molecule has 0 saturated carbocycles. The predicted molar refractivity (Wildman–Crippen MR) is 57.6 cm³/mol. The molecule has 0 unspecified atom stereocenters. The summed E-state index contributed by atoms with van der Waals surface area (Å²) in [6.07, 6.45) is 0.551. The quantitative estimate of drug-likeness (QED) is 0.829. The largest absolute Gasteiger partial charge is 0.507 e. The zero-order valence-corrected chi connectivity index (χ0v) is 9.26. The van der Waals surface area contributed by atoms with E-state index >= 15 is 0 Å². The van der Waals surface area contributed by atoms with E-state index in [4.69, 9.17) is 22.1 Å². The molecule has 0 aliphatic heterocycles. The minimum Gasteiger partial charge on any atom is -0.507 e. The molecule has 1 aromatic carbocycles. The number of ether oxygens (including phenoxy) is 1. The minimum atomic E-state index is -0.762. The number of rotatable bonds is 3. The fourth-order valence-electron chi connectivity index (χ4n) is 1.37. The van der Waals surface area contributed by atoms with Gasteiger partial charge in [-0.25, -0.2) is 0 Å². The van der Waals surface area contributed by atoms with Gasteiger partial charge in [0.15, 0.2) is 5.75 Å². The summed E-state index contributed by atoms with van der Waals surface area (Å²) in [4.78, 5) is 11.1. The Kier molecular flexibility index (Phi) is 3.42. The van der Waals surface area contributed by atoms with Crippen LogP contribution in [0.5, 0.6) is 11.5 Å². The molecule has 0 atom stereocenters. The van der Waals surface area contributed by atoms with E-state index in [1.54, 1.807) is 6.07 Å². The number of amides is 1. The number of carbonyl (C=O) groups excluding carboxylic acids is 1. The maximum Gasteiger partial charge on any atom is 0.256 e. The average Bonchev–Trinajstić information content (AvgIpc) is 2.19. The summed E-state index contributed by atoms with van der Waals surface area (Å²) in [6, 6.07) is 1.56. The number of hydrogen-bond donors (Lipinski definition) is 2. The van der Waals surface area contributed by atoms with Crippen molar-refractivity contribution in [3.63, 3.8) is 0 Å². The van der Waals surface area contributed by atoms with Gasteiger partial charge in [-0.1, -0.05) is 18.5 Å². The van der Waals surface area contributed by atoms with Gasteiger partial charge in [-0.3, -0.25) is 4.79 Å². The van der Waals surface area contributed by atoms with Crippen molar-refractivity contribution in [2.45, 2.75) is 13.3 Å². The van der Waals surface area contributed by atoms with E-state index < -0.39 is 5.91 Å². The molecule has 1 aromatic rings. The monoisotopic (exact) mass is 229 g/mol.